The van der Waals surface area contributed by atoms with Crippen molar-refractivity contribution in [1.82, 2.24) is 15.1 Å². The molecule has 162 valence electrons. The molecule has 0 radical (unpaired) electrons. The Bertz CT molecular complexity index is 1190. The zero-order valence-corrected chi connectivity index (χ0v) is 18.1. The van der Waals surface area contributed by atoms with Gasteiger partial charge >= 0.3 is 0 Å². The lowest BCUT2D eigenvalue weighted by Crippen LogP contribution is -2.26. The number of carbonyl (C=O) groups excluding carboxylic acids is 1. The van der Waals surface area contributed by atoms with E-state index < -0.39 is 10.0 Å². The molecule has 1 unspecified atom stereocenters. The molecule has 31 heavy (non-hydrogen) atoms. The quantitative estimate of drug-likeness (QED) is 0.586. The van der Waals surface area contributed by atoms with Gasteiger partial charge in [-0.3, -0.25) is 9.48 Å². The summed E-state index contributed by atoms with van der Waals surface area (Å²) >= 11 is 5.94. The lowest BCUT2D eigenvalue weighted by atomic mass is 10.1. The van der Waals surface area contributed by atoms with E-state index in [0.29, 0.717) is 36.8 Å². The summed E-state index contributed by atoms with van der Waals surface area (Å²) in [5, 5.41) is 13.0. The van der Waals surface area contributed by atoms with Gasteiger partial charge in [-0.2, -0.15) is 5.10 Å². The summed E-state index contributed by atoms with van der Waals surface area (Å²) < 4.78 is 30.3. The minimum Gasteiger partial charge on any atom is -0.365 e. The molecule has 1 aliphatic rings. The predicted molar refractivity (Wildman–Crippen MR) is 115 cm³/mol. The molecule has 4 rings (SSSR count). The highest BCUT2D eigenvalue weighted by Gasteiger charge is 2.24. The van der Waals surface area contributed by atoms with Crippen molar-refractivity contribution in [1.29, 1.82) is 0 Å². The van der Waals surface area contributed by atoms with Crippen LogP contribution in [-0.4, -0.2) is 30.7 Å². The first-order chi connectivity index (χ1) is 14.8. The summed E-state index contributed by atoms with van der Waals surface area (Å²) in [7, 11) is -3.71. The molecule has 2 heterocycles. The molecule has 2 aromatic carbocycles. The highest BCUT2D eigenvalue weighted by Crippen LogP contribution is 2.27. The highest BCUT2D eigenvalue weighted by molar-refractivity contribution is 7.89. The van der Waals surface area contributed by atoms with Crippen molar-refractivity contribution in [3.05, 3.63) is 82.1 Å². The zero-order chi connectivity index (χ0) is 22.0. The third-order valence-electron chi connectivity index (χ3n) is 5.06. The van der Waals surface area contributed by atoms with Gasteiger partial charge in [-0.15, -0.1) is 0 Å². The molecule has 1 atom stereocenters. The number of fused-ring (bicyclic) bond motifs is 1. The second-order valence-electron chi connectivity index (χ2n) is 7.25. The average Bonchev–Trinajstić information content (AvgIpc) is 3.17. The van der Waals surface area contributed by atoms with Gasteiger partial charge in [-0.1, -0.05) is 35.9 Å². The number of amides is 1. The van der Waals surface area contributed by atoms with Crippen molar-refractivity contribution in [2.24, 2.45) is 5.14 Å². The Morgan fingerprint density at radius 1 is 1.19 bits per heavy atom. The lowest BCUT2D eigenvalue weighted by molar-refractivity contribution is -0.00119. The molecule has 0 spiro atoms. The molecule has 0 saturated carbocycles. The van der Waals surface area contributed by atoms with Crippen LogP contribution in [0.15, 0.2) is 59.5 Å². The Morgan fingerprint density at radius 2 is 1.90 bits per heavy atom. The van der Waals surface area contributed by atoms with Crippen LogP contribution in [0.4, 0.5) is 0 Å². The molecule has 0 bridgehead atoms. The predicted octanol–water partition coefficient (Wildman–Crippen LogP) is 2.43. The number of nitrogens with two attached hydrogens (primary N) is 1. The number of nitrogens with one attached hydrogen (secondary N) is 1. The second-order valence-corrected chi connectivity index (χ2v) is 9.25. The molecule has 0 aliphatic carbocycles. The van der Waals surface area contributed by atoms with Crippen LogP contribution in [0.3, 0.4) is 0 Å². The van der Waals surface area contributed by atoms with Gasteiger partial charge in [-0.05, 0) is 47.9 Å². The number of rotatable bonds is 6. The van der Waals surface area contributed by atoms with E-state index in [-0.39, 0.29) is 16.9 Å². The van der Waals surface area contributed by atoms with Crippen molar-refractivity contribution < 1.29 is 17.9 Å². The van der Waals surface area contributed by atoms with Crippen molar-refractivity contribution in [2.75, 3.05) is 6.54 Å². The van der Waals surface area contributed by atoms with E-state index in [9.17, 15) is 13.2 Å². The fourth-order valence-corrected chi connectivity index (χ4v) is 4.01. The first-order valence-corrected chi connectivity index (χ1v) is 11.6. The molecule has 0 saturated heterocycles. The molecule has 1 amide bonds. The number of sulfonamides is 1. The molecular formula is C21H21ClN4O4S. The summed E-state index contributed by atoms with van der Waals surface area (Å²) in [6.45, 7) is 1.27. The van der Waals surface area contributed by atoms with Crippen molar-refractivity contribution in [3.63, 3.8) is 0 Å². The van der Waals surface area contributed by atoms with E-state index in [0.717, 1.165) is 16.8 Å². The third kappa shape index (κ3) is 5.13. The first kappa shape index (κ1) is 21.5. The largest absolute Gasteiger partial charge is 0.365 e. The first-order valence-electron chi connectivity index (χ1n) is 9.63. The number of nitrogens with zero attached hydrogens (tertiary/aromatic N) is 2. The summed E-state index contributed by atoms with van der Waals surface area (Å²) in [5.41, 5.74) is 3.06. The summed E-state index contributed by atoms with van der Waals surface area (Å²) in [6.07, 6.45) is 0.396. The van der Waals surface area contributed by atoms with Gasteiger partial charge in [0.15, 0.2) is 5.69 Å². The monoisotopic (exact) mass is 460 g/mol. The Labute approximate surface area is 185 Å². The van der Waals surface area contributed by atoms with Crippen molar-refractivity contribution in [2.45, 2.75) is 30.6 Å². The van der Waals surface area contributed by atoms with Gasteiger partial charge in [0.2, 0.25) is 10.0 Å². The van der Waals surface area contributed by atoms with Crippen LogP contribution in [0.1, 0.15) is 33.4 Å². The van der Waals surface area contributed by atoms with Crippen molar-refractivity contribution in [3.8, 4) is 0 Å². The van der Waals surface area contributed by atoms with Crippen LogP contribution in [-0.2, 0) is 34.3 Å². The van der Waals surface area contributed by atoms with Gasteiger partial charge in [0, 0.05) is 11.6 Å². The molecule has 10 heteroatoms. The molecule has 1 aliphatic heterocycles. The van der Waals surface area contributed by atoms with Crippen LogP contribution < -0.4 is 10.5 Å². The molecule has 3 aromatic rings. The number of benzene rings is 2. The standard InChI is InChI=1S/C21H21ClN4O4S/c22-16-5-3-15(4-6-16)20-12-26-17(13-30-20)11-19(25-26)21(27)24-10-9-14-1-7-18(8-2-14)31(23,28)29/h1-8,11,20H,9-10,12-13H2,(H,24,27)(H2,23,28,29). The molecule has 3 N–H and O–H groups in total. The van der Waals surface area contributed by atoms with Crippen LogP contribution >= 0.6 is 11.6 Å². The number of hydrogen-bond acceptors (Lipinski definition) is 5. The maximum atomic E-state index is 12.5. The smallest absolute Gasteiger partial charge is 0.271 e. The molecule has 0 fully saturated rings. The molecule has 8 nitrogen and oxygen atoms in total. The van der Waals surface area contributed by atoms with Crippen LogP contribution in [0, 0.1) is 0 Å². The van der Waals surface area contributed by atoms with E-state index in [1.54, 1.807) is 22.9 Å². The van der Waals surface area contributed by atoms with Gasteiger partial charge in [0.25, 0.3) is 5.91 Å². The number of hydrogen-bond donors (Lipinski definition) is 2. The van der Waals surface area contributed by atoms with Gasteiger partial charge in [0.05, 0.1) is 23.7 Å². The second kappa shape index (κ2) is 8.80. The maximum Gasteiger partial charge on any atom is 0.271 e. The van der Waals surface area contributed by atoms with E-state index in [1.165, 1.54) is 12.1 Å². The SMILES string of the molecule is NS(=O)(=O)c1ccc(CCNC(=O)c2cc3n(n2)CC(c2ccc(Cl)cc2)OC3)cc1. The van der Waals surface area contributed by atoms with Crippen LogP contribution in [0.25, 0.3) is 0 Å². The highest BCUT2D eigenvalue weighted by atomic mass is 35.5. The minimum atomic E-state index is -3.71. The number of aromatic nitrogens is 2. The van der Waals surface area contributed by atoms with E-state index >= 15 is 0 Å². The van der Waals surface area contributed by atoms with Gasteiger partial charge in [0.1, 0.15) is 6.10 Å². The number of ether oxygens (including phenoxy) is 1. The molecular weight excluding hydrogens is 440 g/mol. The Hall–Kier alpha value is -2.72. The van der Waals surface area contributed by atoms with Crippen LogP contribution in [0.5, 0.6) is 0 Å². The maximum absolute atomic E-state index is 12.5. The zero-order valence-electron chi connectivity index (χ0n) is 16.5. The Balaban J connectivity index is 1.34. The molecule has 1 aromatic heterocycles. The average molecular weight is 461 g/mol. The topological polar surface area (TPSA) is 116 Å². The fraction of sp³-hybridized carbons (Fsp3) is 0.238. The Morgan fingerprint density at radius 3 is 2.58 bits per heavy atom. The normalized spacial score (nSPS) is 16.0. The number of primary sulfonamides is 1. The summed E-state index contributed by atoms with van der Waals surface area (Å²) in [5.74, 6) is -0.272. The Kier molecular flexibility index (Phi) is 6.10. The summed E-state index contributed by atoms with van der Waals surface area (Å²) in [4.78, 5) is 12.5. The minimum absolute atomic E-state index is 0.0583. The van der Waals surface area contributed by atoms with Gasteiger partial charge in [-0.25, -0.2) is 13.6 Å². The van der Waals surface area contributed by atoms with Crippen molar-refractivity contribution >= 4 is 27.5 Å². The fourth-order valence-electron chi connectivity index (χ4n) is 3.37. The number of halogens is 1. The van der Waals surface area contributed by atoms with E-state index in [1.807, 2.05) is 24.3 Å². The summed E-state index contributed by atoms with van der Waals surface area (Å²) in [6, 6.07) is 15.5. The number of carbonyl (C=O) groups is 1. The third-order valence-corrected chi connectivity index (χ3v) is 6.24. The van der Waals surface area contributed by atoms with Crippen LogP contribution in [0.2, 0.25) is 5.02 Å². The van der Waals surface area contributed by atoms with Gasteiger partial charge < -0.3 is 10.1 Å². The lowest BCUT2D eigenvalue weighted by Gasteiger charge is -2.24. The van der Waals surface area contributed by atoms with E-state index in [2.05, 4.69) is 10.4 Å². The van der Waals surface area contributed by atoms with E-state index in [4.69, 9.17) is 21.5 Å².